The summed E-state index contributed by atoms with van der Waals surface area (Å²) in [6.45, 7) is 0. The Labute approximate surface area is 103 Å². The lowest BCUT2D eigenvalue weighted by Crippen LogP contribution is -2.01. The zero-order valence-corrected chi connectivity index (χ0v) is 9.42. The van der Waals surface area contributed by atoms with E-state index in [1.807, 2.05) is 42.6 Å². The minimum absolute atomic E-state index is 0.639. The van der Waals surface area contributed by atoms with E-state index in [0.29, 0.717) is 5.69 Å². The number of pyridine rings is 1. The molecule has 1 aliphatic heterocycles. The maximum absolute atomic E-state index is 10.7. The molecule has 3 N–H and O–H groups in total. The third-order valence-corrected chi connectivity index (χ3v) is 2.81. The molecule has 0 aromatic heterocycles. The van der Waals surface area contributed by atoms with Crippen molar-refractivity contribution in [3.05, 3.63) is 42.6 Å². The van der Waals surface area contributed by atoms with Crippen molar-refractivity contribution < 1.29 is 4.79 Å². The number of fused-ring (bicyclic) bond motifs is 3. The number of urea groups is 1. The standard InChI is InChI=1S/C13H10N4O/c14-13(18)17-16-12-10-5-2-1-4-8(10)9-6-3-7-15-11(9)12/h1-7,15H,(H2,14,18). The summed E-state index contributed by atoms with van der Waals surface area (Å²) < 4.78 is 0. The molecule has 0 saturated heterocycles. The predicted octanol–water partition coefficient (Wildman–Crippen LogP) is 3.44. The number of nitrogens with zero attached hydrogens (tertiary/aromatic N) is 2. The summed E-state index contributed by atoms with van der Waals surface area (Å²) in [5, 5.41) is 9.37. The number of H-pyrrole nitrogens is 1. The molecule has 88 valence electrons. The maximum Gasteiger partial charge on any atom is 0.356 e. The average Bonchev–Trinajstić information content (AvgIpc) is 2.71. The van der Waals surface area contributed by atoms with Crippen LogP contribution in [-0.2, 0) is 0 Å². The first kappa shape index (κ1) is 10.5. The first-order valence-corrected chi connectivity index (χ1v) is 5.46. The molecule has 1 heterocycles. The van der Waals surface area contributed by atoms with E-state index in [-0.39, 0.29) is 0 Å². The van der Waals surface area contributed by atoms with Crippen LogP contribution in [0, 0.1) is 0 Å². The molecule has 2 aliphatic rings. The summed E-state index contributed by atoms with van der Waals surface area (Å²) in [5.41, 5.74) is 7.52. The summed E-state index contributed by atoms with van der Waals surface area (Å²) in [5.74, 6) is 0. The van der Waals surface area contributed by atoms with Crippen LogP contribution in [0.5, 0.6) is 0 Å². The highest BCUT2D eigenvalue weighted by Gasteiger charge is 2.17. The van der Waals surface area contributed by atoms with Crippen molar-refractivity contribution in [2.75, 3.05) is 0 Å². The highest BCUT2D eigenvalue weighted by molar-refractivity contribution is 6.11. The smallest absolute Gasteiger partial charge is 0.356 e. The molecular weight excluding hydrogens is 228 g/mol. The first-order chi connectivity index (χ1) is 8.77. The predicted molar refractivity (Wildman–Crippen MR) is 69.0 cm³/mol. The Morgan fingerprint density at radius 2 is 1.89 bits per heavy atom. The molecule has 0 saturated carbocycles. The second-order valence-electron chi connectivity index (χ2n) is 3.89. The van der Waals surface area contributed by atoms with Gasteiger partial charge in [-0.15, -0.1) is 5.11 Å². The number of hydrogen-bond donors (Lipinski definition) is 2. The molecule has 1 aromatic carbocycles. The number of aromatic amines is 1. The van der Waals surface area contributed by atoms with Gasteiger partial charge >= 0.3 is 6.03 Å². The molecule has 18 heavy (non-hydrogen) atoms. The summed E-state index contributed by atoms with van der Waals surface area (Å²) in [6, 6.07) is 11.0. The number of primary amides is 1. The Hall–Kier alpha value is -2.69. The Kier molecular flexibility index (Phi) is 2.30. The van der Waals surface area contributed by atoms with Crippen molar-refractivity contribution in [1.29, 1.82) is 0 Å². The molecule has 5 nitrogen and oxygen atoms in total. The van der Waals surface area contributed by atoms with Crippen LogP contribution in [0.15, 0.2) is 52.8 Å². The van der Waals surface area contributed by atoms with Gasteiger partial charge in [-0.25, -0.2) is 4.79 Å². The van der Waals surface area contributed by atoms with E-state index < -0.39 is 6.03 Å². The Morgan fingerprint density at radius 1 is 1.11 bits per heavy atom. The minimum atomic E-state index is -0.802. The fourth-order valence-electron chi connectivity index (χ4n) is 2.12. The van der Waals surface area contributed by atoms with Crippen LogP contribution in [0.1, 0.15) is 0 Å². The number of carbonyl (C=O) groups is 1. The van der Waals surface area contributed by atoms with Gasteiger partial charge in [-0.05, 0) is 11.5 Å². The number of azo groups is 1. The largest absolute Gasteiger partial charge is 0.359 e. The van der Waals surface area contributed by atoms with Gasteiger partial charge < -0.3 is 10.7 Å². The fraction of sp³-hybridized carbons (Fsp3) is 0. The van der Waals surface area contributed by atoms with Crippen LogP contribution in [0.25, 0.3) is 22.0 Å². The lowest BCUT2D eigenvalue weighted by atomic mass is 10.1. The Bertz CT molecular complexity index is 729. The zero-order chi connectivity index (χ0) is 12.5. The van der Waals surface area contributed by atoms with Gasteiger partial charge in [0.1, 0.15) is 5.69 Å². The van der Waals surface area contributed by atoms with Crippen LogP contribution in [0.3, 0.4) is 0 Å². The normalized spacial score (nSPS) is 11.6. The van der Waals surface area contributed by atoms with E-state index in [0.717, 1.165) is 22.0 Å². The van der Waals surface area contributed by atoms with Gasteiger partial charge in [0.2, 0.25) is 0 Å². The van der Waals surface area contributed by atoms with E-state index >= 15 is 0 Å². The molecule has 3 rings (SSSR count). The average molecular weight is 238 g/mol. The SMILES string of the molecule is NC(=O)N=Nc1c2[nH]cccc-2c2ccccc12. The van der Waals surface area contributed by atoms with E-state index in [4.69, 9.17) is 5.73 Å². The summed E-state index contributed by atoms with van der Waals surface area (Å²) in [7, 11) is 0. The van der Waals surface area contributed by atoms with E-state index in [9.17, 15) is 4.79 Å². The van der Waals surface area contributed by atoms with Crippen LogP contribution in [0.4, 0.5) is 10.5 Å². The molecule has 0 spiro atoms. The molecule has 0 radical (unpaired) electrons. The van der Waals surface area contributed by atoms with Crippen LogP contribution in [0.2, 0.25) is 0 Å². The number of amides is 2. The van der Waals surface area contributed by atoms with E-state index in [1.54, 1.807) is 0 Å². The van der Waals surface area contributed by atoms with Crippen molar-refractivity contribution in [3.8, 4) is 11.3 Å². The fourth-order valence-corrected chi connectivity index (χ4v) is 2.12. The van der Waals surface area contributed by atoms with Crippen molar-refractivity contribution in [3.63, 3.8) is 0 Å². The van der Waals surface area contributed by atoms with E-state index in [1.165, 1.54) is 0 Å². The van der Waals surface area contributed by atoms with Gasteiger partial charge in [0.15, 0.2) is 0 Å². The number of aromatic nitrogens is 1. The van der Waals surface area contributed by atoms with Gasteiger partial charge in [0.05, 0.1) is 5.69 Å². The monoisotopic (exact) mass is 238 g/mol. The molecular formula is C13H10N4O. The second-order valence-corrected chi connectivity index (χ2v) is 3.89. The Balaban J connectivity index is 2.36. The van der Waals surface area contributed by atoms with Crippen LogP contribution in [-0.4, -0.2) is 11.0 Å². The molecule has 5 heteroatoms. The van der Waals surface area contributed by atoms with Crippen molar-refractivity contribution in [2.24, 2.45) is 16.0 Å². The van der Waals surface area contributed by atoms with E-state index in [2.05, 4.69) is 15.2 Å². The molecule has 2 amide bonds. The number of nitrogens with one attached hydrogen (secondary N) is 1. The molecule has 0 bridgehead atoms. The summed E-state index contributed by atoms with van der Waals surface area (Å²) in [6.07, 6.45) is 1.81. The lowest BCUT2D eigenvalue weighted by molar-refractivity contribution is 0.255. The third-order valence-electron chi connectivity index (χ3n) is 2.81. The first-order valence-electron chi connectivity index (χ1n) is 5.46. The number of hydrogen-bond acceptors (Lipinski definition) is 2. The Morgan fingerprint density at radius 3 is 2.67 bits per heavy atom. The van der Waals surface area contributed by atoms with Gasteiger partial charge in [0, 0.05) is 17.1 Å². The van der Waals surface area contributed by atoms with Crippen LogP contribution >= 0.6 is 0 Å². The van der Waals surface area contributed by atoms with Gasteiger partial charge in [0.25, 0.3) is 0 Å². The second kappa shape index (κ2) is 3.96. The van der Waals surface area contributed by atoms with Gasteiger partial charge in [-0.2, -0.15) is 0 Å². The molecule has 0 fully saturated rings. The van der Waals surface area contributed by atoms with Crippen molar-refractivity contribution in [1.82, 2.24) is 4.98 Å². The topological polar surface area (TPSA) is 83.6 Å². The third kappa shape index (κ3) is 1.53. The highest BCUT2D eigenvalue weighted by Crippen LogP contribution is 2.43. The number of rotatable bonds is 1. The quantitative estimate of drug-likeness (QED) is 0.625. The number of benzene rings is 1. The van der Waals surface area contributed by atoms with Crippen molar-refractivity contribution in [2.45, 2.75) is 0 Å². The molecule has 0 atom stereocenters. The summed E-state index contributed by atoms with van der Waals surface area (Å²) >= 11 is 0. The molecule has 0 unspecified atom stereocenters. The zero-order valence-electron chi connectivity index (χ0n) is 9.42. The summed E-state index contributed by atoms with van der Waals surface area (Å²) in [4.78, 5) is 13.8. The molecule has 1 aromatic rings. The van der Waals surface area contributed by atoms with Gasteiger partial charge in [-0.1, -0.05) is 35.4 Å². The number of nitrogens with two attached hydrogens (primary N) is 1. The molecule has 1 aliphatic carbocycles. The van der Waals surface area contributed by atoms with Crippen LogP contribution < -0.4 is 5.73 Å². The number of carbonyl (C=O) groups excluding carboxylic acids is 1. The minimum Gasteiger partial charge on any atom is -0.359 e. The van der Waals surface area contributed by atoms with Gasteiger partial charge in [-0.3, -0.25) is 0 Å². The highest BCUT2D eigenvalue weighted by atomic mass is 16.2. The van der Waals surface area contributed by atoms with Crippen molar-refractivity contribution >= 4 is 22.5 Å². The maximum atomic E-state index is 10.7. The lowest BCUT2D eigenvalue weighted by Gasteiger charge is -1.98.